The number of piperazine rings is 1. The highest BCUT2D eigenvalue weighted by Gasteiger charge is 2.18. The van der Waals surface area contributed by atoms with E-state index in [0.29, 0.717) is 18.0 Å². The van der Waals surface area contributed by atoms with Crippen LogP contribution in [0.2, 0.25) is 0 Å². The lowest BCUT2D eigenvalue weighted by atomic mass is 9.99. The summed E-state index contributed by atoms with van der Waals surface area (Å²) in [6.07, 6.45) is 4.79. The fraction of sp³-hybridized carbons (Fsp3) is 0.360. The highest BCUT2D eigenvalue weighted by molar-refractivity contribution is 6.05. The zero-order chi connectivity index (χ0) is 24.1. The maximum Gasteiger partial charge on any atom is 0.278 e. The number of aryl methyl sites for hydroxylation is 2. The van der Waals surface area contributed by atoms with Crippen molar-refractivity contribution in [2.24, 2.45) is 0 Å². The molecule has 186 valence electrons. The van der Waals surface area contributed by atoms with E-state index in [-0.39, 0.29) is 23.9 Å². The largest absolute Gasteiger partial charge is 0.492 e. The Morgan fingerprint density at radius 3 is 2.51 bits per heavy atom. The molecule has 3 N–H and O–H groups in total. The number of ether oxygens (including phenoxy) is 1. The molecule has 1 aliphatic heterocycles. The summed E-state index contributed by atoms with van der Waals surface area (Å²) >= 11 is 0. The van der Waals surface area contributed by atoms with Crippen LogP contribution in [0, 0.1) is 13.8 Å². The Hall–Kier alpha value is -3.27. The lowest BCUT2D eigenvalue weighted by molar-refractivity contribution is 0.102. The first-order valence-electron chi connectivity index (χ1n) is 11.4. The average molecular weight is 498 g/mol. The molecule has 35 heavy (non-hydrogen) atoms. The summed E-state index contributed by atoms with van der Waals surface area (Å²) in [6.45, 7) is 9.89. The first-order chi connectivity index (χ1) is 16.4. The van der Waals surface area contributed by atoms with Gasteiger partial charge in [-0.1, -0.05) is 0 Å². The Balaban J connectivity index is 0.00000342. The van der Waals surface area contributed by atoms with Crippen molar-refractivity contribution in [1.29, 1.82) is 0 Å². The number of benzene rings is 1. The number of aromatic nitrogens is 3. The Labute approximate surface area is 212 Å². The number of amides is 1. The number of halogens is 1. The van der Waals surface area contributed by atoms with Crippen molar-refractivity contribution < 1.29 is 9.53 Å². The number of likely N-dealkylation sites (N-methyl/N-ethyl adjacent to an activating group) is 1. The number of carbonyl (C=O) groups is 1. The number of pyridine rings is 1. The smallest absolute Gasteiger partial charge is 0.278 e. The van der Waals surface area contributed by atoms with Gasteiger partial charge in [0.1, 0.15) is 12.4 Å². The average Bonchev–Trinajstić information content (AvgIpc) is 2.81. The summed E-state index contributed by atoms with van der Waals surface area (Å²) in [7, 11) is 2.16. The van der Waals surface area contributed by atoms with Crippen LogP contribution in [0.15, 0.2) is 42.9 Å². The van der Waals surface area contributed by atoms with Gasteiger partial charge in [-0.3, -0.25) is 14.7 Å². The van der Waals surface area contributed by atoms with Crippen molar-refractivity contribution >= 4 is 29.8 Å². The summed E-state index contributed by atoms with van der Waals surface area (Å²) < 4.78 is 6.05. The fourth-order valence-electron chi connectivity index (χ4n) is 4.09. The molecule has 0 unspecified atom stereocenters. The molecule has 2 aromatic heterocycles. The van der Waals surface area contributed by atoms with Crippen molar-refractivity contribution in [2.45, 2.75) is 13.8 Å². The van der Waals surface area contributed by atoms with E-state index in [2.05, 4.69) is 37.1 Å². The molecule has 0 aliphatic carbocycles. The Morgan fingerprint density at radius 2 is 1.86 bits per heavy atom. The number of nitrogens with one attached hydrogen (secondary N) is 1. The molecule has 1 aliphatic rings. The molecule has 9 nitrogen and oxygen atoms in total. The molecule has 3 heterocycles. The van der Waals surface area contributed by atoms with Gasteiger partial charge in [-0.15, -0.1) is 12.4 Å². The van der Waals surface area contributed by atoms with Gasteiger partial charge in [0.2, 0.25) is 0 Å². The molecule has 3 aromatic rings. The maximum absolute atomic E-state index is 12.8. The third-order valence-corrected chi connectivity index (χ3v) is 5.97. The zero-order valence-corrected chi connectivity index (χ0v) is 21.1. The molecule has 0 spiro atoms. The fourth-order valence-corrected chi connectivity index (χ4v) is 4.09. The van der Waals surface area contributed by atoms with Crippen molar-refractivity contribution in [3.8, 4) is 17.0 Å². The van der Waals surface area contributed by atoms with Gasteiger partial charge in [-0.05, 0) is 56.3 Å². The van der Waals surface area contributed by atoms with Gasteiger partial charge in [-0.2, -0.15) is 0 Å². The summed E-state index contributed by atoms with van der Waals surface area (Å²) in [5.74, 6) is 0.467. The first kappa shape index (κ1) is 26.3. The first-order valence-corrected chi connectivity index (χ1v) is 11.4. The van der Waals surface area contributed by atoms with Crippen LogP contribution in [0.3, 0.4) is 0 Å². The normalized spacial score (nSPS) is 14.3. The van der Waals surface area contributed by atoms with Gasteiger partial charge < -0.3 is 20.7 Å². The zero-order valence-electron chi connectivity index (χ0n) is 20.3. The molecular weight excluding hydrogens is 466 g/mol. The van der Waals surface area contributed by atoms with E-state index >= 15 is 0 Å². The van der Waals surface area contributed by atoms with Crippen LogP contribution in [-0.4, -0.2) is 77.0 Å². The standard InChI is InChI=1S/C25H31N7O2.ClH/c1-17-13-20(34-12-11-32-9-7-31(3)8-10-32)14-18(2)22(17)21-16-28-24(26)23(30-21)25(33)29-19-5-4-6-27-15-19;/h4-6,13-16H,7-12H2,1-3H3,(H2,26,28)(H,29,33);1H. The molecular formula is C25H32ClN7O2. The van der Waals surface area contributed by atoms with Crippen LogP contribution < -0.4 is 15.8 Å². The second-order valence-electron chi connectivity index (χ2n) is 8.61. The third kappa shape index (κ3) is 6.66. The predicted octanol–water partition coefficient (Wildman–Crippen LogP) is 3.04. The molecule has 1 saturated heterocycles. The van der Waals surface area contributed by atoms with E-state index in [1.807, 2.05) is 26.0 Å². The van der Waals surface area contributed by atoms with Gasteiger partial charge in [0.15, 0.2) is 11.5 Å². The summed E-state index contributed by atoms with van der Waals surface area (Å²) in [4.78, 5) is 30.3. The topological polar surface area (TPSA) is 110 Å². The molecule has 1 aromatic carbocycles. The predicted molar refractivity (Wildman–Crippen MR) is 140 cm³/mol. The van der Waals surface area contributed by atoms with Crippen molar-refractivity contribution in [3.05, 3.63) is 59.7 Å². The minimum Gasteiger partial charge on any atom is -0.492 e. The number of nitrogens with zero attached hydrogens (tertiary/aromatic N) is 5. The van der Waals surface area contributed by atoms with Crippen LogP contribution >= 0.6 is 12.4 Å². The van der Waals surface area contributed by atoms with E-state index in [0.717, 1.165) is 55.2 Å². The van der Waals surface area contributed by atoms with Gasteiger partial charge >= 0.3 is 0 Å². The van der Waals surface area contributed by atoms with E-state index in [1.54, 1.807) is 30.7 Å². The van der Waals surface area contributed by atoms with E-state index in [4.69, 9.17) is 10.5 Å². The molecule has 4 rings (SSSR count). The van der Waals surface area contributed by atoms with Crippen molar-refractivity contribution in [3.63, 3.8) is 0 Å². The summed E-state index contributed by atoms with van der Waals surface area (Å²) in [5.41, 5.74) is 10.1. The second kappa shape index (κ2) is 11.9. The lowest BCUT2D eigenvalue weighted by Gasteiger charge is -2.32. The van der Waals surface area contributed by atoms with Crippen LogP contribution in [0.4, 0.5) is 11.5 Å². The quantitative estimate of drug-likeness (QED) is 0.512. The van der Waals surface area contributed by atoms with Crippen LogP contribution in [0.25, 0.3) is 11.3 Å². The molecule has 1 amide bonds. The molecule has 0 radical (unpaired) electrons. The summed E-state index contributed by atoms with van der Waals surface area (Å²) in [5, 5.41) is 2.76. The van der Waals surface area contributed by atoms with Gasteiger partial charge in [0.25, 0.3) is 5.91 Å². The number of hydrogen-bond acceptors (Lipinski definition) is 8. The molecule has 0 saturated carbocycles. The van der Waals surface area contributed by atoms with E-state index in [9.17, 15) is 4.79 Å². The summed E-state index contributed by atoms with van der Waals surface area (Å²) in [6, 6.07) is 7.48. The monoisotopic (exact) mass is 497 g/mol. The van der Waals surface area contributed by atoms with Crippen LogP contribution in [0.1, 0.15) is 21.6 Å². The Bertz CT molecular complexity index is 1130. The minimum atomic E-state index is -0.431. The number of anilines is 2. The van der Waals surface area contributed by atoms with E-state index < -0.39 is 5.91 Å². The van der Waals surface area contributed by atoms with Gasteiger partial charge in [0, 0.05) is 44.5 Å². The molecule has 1 fully saturated rings. The Morgan fingerprint density at radius 1 is 1.14 bits per heavy atom. The SMILES string of the molecule is Cc1cc(OCCN2CCN(C)CC2)cc(C)c1-c1cnc(N)c(C(=O)Nc2cccnc2)n1.Cl. The van der Waals surface area contributed by atoms with E-state index in [1.165, 1.54) is 0 Å². The lowest BCUT2D eigenvalue weighted by Crippen LogP contribution is -2.45. The molecule has 10 heteroatoms. The van der Waals surface area contributed by atoms with Gasteiger partial charge in [-0.25, -0.2) is 9.97 Å². The number of rotatable bonds is 7. The third-order valence-electron chi connectivity index (χ3n) is 5.97. The molecule has 0 atom stereocenters. The molecule has 0 bridgehead atoms. The number of nitrogen functional groups attached to an aromatic ring is 1. The van der Waals surface area contributed by atoms with Gasteiger partial charge in [0.05, 0.1) is 23.8 Å². The second-order valence-corrected chi connectivity index (χ2v) is 8.61. The van der Waals surface area contributed by atoms with Crippen LogP contribution in [-0.2, 0) is 0 Å². The Kier molecular flexibility index (Phi) is 8.97. The van der Waals surface area contributed by atoms with Crippen LogP contribution in [0.5, 0.6) is 5.75 Å². The number of hydrogen-bond donors (Lipinski definition) is 2. The number of nitrogens with two attached hydrogens (primary N) is 1. The van der Waals surface area contributed by atoms with Crippen molar-refractivity contribution in [2.75, 3.05) is 57.4 Å². The highest BCUT2D eigenvalue weighted by atomic mass is 35.5. The minimum absolute atomic E-state index is 0. The van der Waals surface area contributed by atoms with Crippen molar-refractivity contribution in [1.82, 2.24) is 24.8 Å². The maximum atomic E-state index is 12.8. The number of carbonyl (C=O) groups excluding carboxylic acids is 1. The highest BCUT2D eigenvalue weighted by Crippen LogP contribution is 2.30.